The van der Waals surface area contributed by atoms with Gasteiger partial charge < -0.3 is 4.74 Å². The molecule has 1 rings (SSSR count). The first-order chi connectivity index (χ1) is 6.96. The highest BCUT2D eigenvalue weighted by Crippen LogP contribution is 2.29. The number of rotatable bonds is 4. The fourth-order valence-electron chi connectivity index (χ4n) is 1.09. The second kappa shape index (κ2) is 4.55. The average molecular weight is 214 g/mol. The van der Waals surface area contributed by atoms with Crippen molar-refractivity contribution in [2.24, 2.45) is 0 Å². The van der Waals surface area contributed by atoms with Gasteiger partial charge in [-0.15, -0.1) is 0 Å². The van der Waals surface area contributed by atoms with E-state index in [-0.39, 0.29) is 11.2 Å². The van der Waals surface area contributed by atoms with Gasteiger partial charge in [-0.2, -0.15) is 0 Å². The molecular formula is C11H18O4. The molecule has 0 aliphatic heterocycles. The maximum Gasteiger partial charge on any atom is 0.382 e. The lowest BCUT2D eigenvalue weighted by atomic mass is 9.92. The van der Waals surface area contributed by atoms with Crippen LogP contribution in [-0.2, 0) is 10.2 Å². The molecule has 4 heteroatoms. The van der Waals surface area contributed by atoms with Crippen LogP contribution >= 0.6 is 0 Å². The molecule has 1 aromatic rings. The van der Waals surface area contributed by atoms with Crippen LogP contribution in [-0.4, -0.2) is 12.6 Å². The maximum atomic E-state index is 11.5. The molecule has 1 aromatic heterocycles. The Hall–Kier alpha value is -1.19. The summed E-state index contributed by atoms with van der Waals surface area (Å²) in [4.78, 5) is 11.5. The van der Waals surface area contributed by atoms with Crippen LogP contribution in [0.1, 0.15) is 56.9 Å². The summed E-state index contributed by atoms with van der Waals surface area (Å²) in [6, 6.07) is 0. The lowest BCUT2D eigenvalue weighted by Gasteiger charge is -2.19. The van der Waals surface area contributed by atoms with Crippen LogP contribution in [0.15, 0.2) is 9.15 Å². The van der Waals surface area contributed by atoms with Crippen molar-refractivity contribution in [3.8, 4) is 0 Å². The average Bonchev–Trinajstić information content (AvgIpc) is 1.99. The normalized spacial score (nSPS) is 11.7. The van der Waals surface area contributed by atoms with E-state index >= 15 is 0 Å². The molecule has 0 N–H and O–H groups in total. The number of hydrogen-bond acceptors (Lipinski definition) is 4. The molecule has 15 heavy (non-hydrogen) atoms. The van der Waals surface area contributed by atoms with Crippen molar-refractivity contribution in [2.75, 3.05) is 6.61 Å². The smallest absolute Gasteiger partial charge is 0.382 e. The highest BCUT2D eigenvalue weighted by Gasteiger charge is 2.33. The van der Waals surface area contributed by atoms with Gasteiger partial charge in [0.15, 0.2) is 0 Å². The Morgan fingerprint density at radius 1 is 1.33 bits per heavy atom. The van der Waals surface area contributed by atoms with Crippen LogP contribution in [0, 0.1) is 0 Å². The molecule has 86 valence electrons. The first kappa shape index (κ1) is 11.9. The number of esters is 1. The standard InChI is InChI=1S/C11H18O4/c1-5-6-7-13-10(12)8-9(15-14-8)11(2,3)4/h5-7H2,1-4H3. The van der Waals surface area contributed by atoms with Crippen molar-refractivity contribution in [2.45, 2.75) is 46.0 Å². The molecular weight excluding hydrogens is 196 g/mol. The molecule has 0 saturated heterocycles. The molecule has 0 radical (unpaired) electrons. The minimum absolute atomic E-state index is 0.207. The third-order valence-corrected chi connectivity index (χ3v) is 2.01. The Labute approximate surface area is 89.5 Å². The molecule has 0 amide bonds. The van der Waals surface area contributed by atoms with Crippen LogP contribution in [0.25, 0.3) is 0 Å². The van der Waals surface area contributed by atoms with Gasteiger partial charge in [0.05, 0.1) is 6.61 Å². The van der Waals surface area contributed by atoms with Gasteiger partial charge >= 0.3 is 11.7 Å². The van der Waals surface area contributed by atoms with Gasteiger partial charge in [-0.25, -0.2) is 4.79 Å². The molecule has 0 fully saturated rings. The Bertz CT molecular complexity index is 314. The Kier molecular flexibility index (Phi) is 3.61. The zero-order valence-corrected chi connectivity index (χ0v) is 9.75. The second-order valence-electron chi connectivity index (χ2n) is 4.56. The van der Waals surface area contributed by atoms with Crippen molar-refractivity contribution in [3.05, 3.63) is 11.5 Å². The third-order valence-electron chi connectivity index (χ3n) is 2.01. The van der Waals surface area contributed by atoms with Crippen molar-refractivity contribution < 1.29 is 18.7 Å². The molecule has 1 heterocycles. The first-order valence-corrected chi connectivity index (χ1v) is 5.23. The molecule has 4 nitrogen and oxygen atoms in total. The summed E-state index contributed by atoms with van der Waals surface area (Å²) in [6.07, 6.45) is 1.86. The fraction of sp³-hybridized carbons (Fsp3) is 0.727. The highest BCUT2D eigenvalue weighted by molar-refractivity contribution is 5.87. The number of unbranched alkanes of at least 4 members (excludes halogenated alkanes) is 1. The highest BCUT2D eigenvalue weighted by atomic mass is 17.0. The van der Waals surface area contributed by atoms with Crippen molar-refractivity contribution in [3.63, 3.8) is 0 Å². The Balaban J connectivity index is 2.54. The van der Waals surface area contributed by atoms with Crippen LogP contribution in [0.2, 0.25) is 0 Å². The predicted molar refractivity (Wildman–Crippen MR) is 54.9 cm³/mol. The van der Waals surface area contributed by atoms with Gasteiger partial charge in [-0.1, -0.05) is 34.1 Å². The van der Waals surface area contributed by atoms with Crippen LogP contribution in [0.5, 0.6) is 0 Å². The summed E-state index contributed by atoms with van der Waals surface area (Å²) >= 11 is 0. The summed E-state index contributed by atoms with van der Waals surface area (Å²) < 4.78 is 14.5. The monoisotopic (exact) mass is 214 g/mol. The minimum Gasteiger partial charge on any atom is -0.460 e. The van der Waals surface area contributed by atoms with Crippen molar-refractivity contribution in [1.82, 2.24) is 0 Å². The summed E-state index contributed by atoms with van der Waals surface area (Å²) in [5.74, 6) is 0.335. The summed E-state index contributed by atoms with van der Waals surface area (Å²) in [5, 5.41) is 0. The van der Waals surface area contributed by atoms with Crippen LogP contribution < -0.4 is 0 Å². The molecule has 0 unspecified atom stereocenters. The molecule has 0 spiro atoms. The zero-order valence-electron chi connectivity index (χ0n) is 9.75. The number of hydrogen-bond donors (Lipinski definition) is 0. The van der Waals surface area contributed by atoms with E-state index in [9.17, 15) is 4.79 Å². The van der Waals surface area contributed by atoms with Crippen molar-refractivity contribution >= 4 is 5.97 Å². The maximum absolute atomic E-state index is 11.5. The molecule has 0 aliphatic rings. The van der Waals surface area contributed by atoms with E-state index in [2.05, 4.69) is 4.58 Å². The third kappa shape index (κ3) is 2.88. The largest absolute Gasteiger partial charge is 0.460 e. The summed E-state index contributed by atoms with van der Waals surface area (Å²) in [7, 11) is 0. The number of carbonyl (C=O) groups is 1. The van der Waals surface area contributed by atoms with E-state index in [0.717, 1.165) is 12.8 Å². The van der Waals surface area contributed by atoms with Crippen molar-refractivity contribution in [1.29, 1.82) is 0 Å². The van der Waals surface area contributed by atoms with E-state index in [4.69, 9.17) is 9.31 Å². The van der Waals surface area contributed by atoms with E-state index in [1.165, 1.54) is 0 Å². The van der Waals surface area contributed by atoms with Gasteiger partial charge in [0.1, 0.15) is 0 Å². The summed E-state index contributed by atoms with van der Waals surface area (Å²) in [6.45, 7) is 8.31. The first-order valence-electron chi connectivity index (χ1n) is 5.23. The summed E-state index contributed by atoms with van der Waals surface area (Å²) in [5.41, 5.74) is -0.225. The fourth-order valence-corrected chi connectivity index (χ4v) is 1.09. The predicted octanol–water partition coefficient (Wildman–Crippen LogP) is 3.13. The Morgan fingerprint density at radius 3 is 2.40 bits per heavy atom. The topological polar surface area (TPSA) is 52.6 Å². The molecule has 0 bridgehead atoms. The van der Waals surface area contributed by atoms with E-state index in [0.29, 0.717) is 12.4 Å². The second-order valence-corrected chi connectivity index (χ2v) is 4.56. The van der Waals surface area contributed by atoms with Gasteiger partial charge in [0, 0.05) is 5.41 Å². The van der Waals surface area contributed by atoms with E-state index < -0.39 is 5.97 Å². The zero-order chi connectivity index (χ0) is 11.5. The van der Waals surface area contributed by atoms with Crippen LogP contribution in [0.3, 0.4) is 0 Å². The molecule has 0 saturated carbocycles. The quantitative estimate of drug-likeness (QED) is 0.439. The SMILES string of the molecule is CCCCOC(=O)c1ooc1C(C)(C)C. The van der Waals surface area contributed by atoms with Gasteiger partial charge in [-0.05, 0) is 6.42 Å². The van der Waals surface area contributed by atoms with Gasteiger partial charge in [0.2, 0.25) is 5.76 Å². The van der Waals surface area contributed by atoms with E-state index in [1.54, 1.807) is 0 Å². The van der Waals surface area contributed by atoms with Gasteiger partial charge in [-0.3, -0.25) is 9.15 Å². The Morgan fingerprint density at radius 2 is 2.00 bits per heavy atom. The van der Waals surface area contributed by atoms with E-state index in [1.807, 2.05) is 27.7 Å². The minimum atomic E-state index is -0.431. The lowest BCUT2D eigenvalue weighted by Crippen LogP contribution is -2.21. The molecule has 0 aliphatic carbocycles. The van der Waals surface area contributed by atoms with Gasteiger partial charge in [0.25, 0.3) is 0 Å². The number of carbonyl (C=O) groups excluding carboxylic acids is 1. The lowest BCUT2D eigenvalue weighted by molar-refractivity contribution is -0.0501. The molecule has 0 aromatic carbocycles. The number of ether oxygens (including phenoxy) is 1. The van der Waals surface area contributed by atoms with Crippen LogP contribution in [0.4, 0.5) is 0 Å². The molecule has 0 atom stereocenters.